The van der Waals surface area contributed by atoms with Gasteiger partial charge in [0, 0.05) is 25.3 Å². The number of carboxylic acid groups (broad SMARTS) is 2. The lowest BCUT2D eigenvalue weighted by atomic mass is 10.0. The molecule has 0 amide bonds. The van der Waals surface area contributed by atoms with E-state index in [9.17, 15) is 14.4 Å². The molecule has 5 heteroatoms. The first-order valence-corrected chi connectivity index (χ1v) is 8.55. The highest BCUT2D eigenvalue weighted by atomic mass is 16.4. The van der Waals surface area contributed by atoms with Gasteiger partial charge in [-0.3, -0.25) is 9.59 Å². The quantitative estimate of drug-likeness (QED) is 0.345. The molecule has 0 aromatic rings. The van der Waals surface area contributed by atoms with Crippen molar-refractivity contribution < 1.29 is 24.6 Å². The average molecular weight is 326 g/mol. The third-order valence-corrected chi connectivity index (χ3v) is 3.69. The molecular formula is C18H30O5. The number of carbonyl (C=O) groups is 3. The Morgan fingerprint density at radius 2 is 1.17 bits per heavy atom. The van der Waals surface area contributed by atoms with Crippen molar-refractivity contribution >= 4 is 17.7 Å². The number of Topliss-reactive ketones (excluding diaryl/α,β-unsaturated/α-hetero) is 1. The first-order chi connectivity index (χ1) is 10.9. The summed E-state index contributed by atoms with van der Waals surface area (Å²) in [6.45, 7) is 1.67. The monoisotopic (exact) mass is 326 g/mol. The van der Waals surface area contributed by atoms with E-state index < -0.39 is 11.9 Å². The number of rotatable bonds is 15. The highest BCUT2D eigenvalue weighted by Crippen LogP contribution is 2.12. The summed E-state index contributed by atoms with van der Waals surface area (Å²) in [5.41, 5.74) is 0.602. The Morgan fingerprint density at radius 1 is 0.739 bits per heavy atom. The Labute approximate surface area is 138 Å². The fourth-order valence-corrected chi connectivity index (χ4v) is 2.50. The van der Waals surface area contributed by atoms with Gasteiger partial charge in [0.2, 0.25) is 0 Å². The molecule has 0 heterocycles. The molecule has 0 aromatic heterocycles. The molecule has 0 radical (unpaired) electrons. The van der Waals surface area contributed by atoms with Gasteiger partial charge in [-0.2, -0.15) is 0 Å². The maximum atomic E-state index is 11.6. The predicted octanol–water partition coefficient (Wildman–Crippen LogP) is 4.35. The molecule has 23 heavy (non-hydrogen) atoms. The molecule has 0 rings (SSSR count). The zero-order valence-electron chi connectivity index (χ0n) is 14.2. The zero-order chi connectivity index (χ0) is 17.5. The van der Waals surface area contributed by atoms with Crippen molar-refractivity contribution in [3.63, 3.8) is 0 Å². The summed E-state index contributed by atoms with van der Waals surface area (Å²) in [5, 5.41) is 17.1. The zero-order valence-corrected chi connectivity index (χ0v) is 14.2. The second-order valence-electron chi connectivity index (χ2n) is 6.12. The third-order valence-electron chi connectivity index (χ3n) is 3.69. The molecule has 0 spiro atoms. The molecule has 0 aromatic carbocycles. The van der Waals surface area contributed by atoms with Crippen molar-refractivity contribution in [2.24, 2.45) is 0 Å². The number of ketones is 1. The summed E-state index contributed by atoms with van der Waals surface area (Å²) in [4.78, 5) is 32.4. The van der Waals surface area contributed by atoms with Crippen molar-refractivity contribution in [2.45, 2.75) is 84.0 Å². The van der Waals surface area contributed by atoms with Gasteiger partial charge in [0.1, 0.15) is 5.78 Å². The van der Waals surface area contributed by atoms with Crippen LogP contribution in [0.4, 0.5) is 0 Å². The molecule has 0 saturated heterocycles. The van der Waals surface area contributed by atoms with E-state index in [4.69, 9.17) is 10.2 Å². The molecule has 0 bridgehead atoms. The van der Waals surface area contributed by atoms with Crippen LogP contribution in [-0.2, 0) is 14.4 Å². The Morgan fingerprint density at radius 3 is 1.61 bits per heavy atom. The van der Waals surface area contributed by atoms with E-state index >= 15 is 0 Å². The van der Waals surface area contributed by atoms with Crippen LogP contribution in [0.5, 0.6) is 0 Å². The summed E-state index contributed by atoms with van der Waals surface area (Å²) in [6.07, 6.45) is 11.5. The summed E-state index contributed by atoms with van der Waals surface area (Å²) < 4.78 is 0. The van der Waals surface area contributed by atoms with Crippen LogP contribution in [0.3, 0.4) is 0 Å². The first kappa shape index (κ1) is 21.4. The Bertz CT molecular complexity index is 398. The molecule has 0 unspecified atom stereocenters. The molecule has 5 nitrogen and oxygen atoms in total. The number of carbonyl (C=O) groups excluding carboxylic acids is 1. The van der Waals surface area contributed by atoms with E-state index in [-0.39, 0.29) is 18.6 Å². The minimum atomic E-state index is -1.00. The smallest absolute Gasteiger partial charge is 0.328 e. The lowest BCUT2D eigenvalue weighted by molar-refractivity contribution is -0.137. The van der Waals surface area contributed by atoms with Gasteiger partial charge >= 0.3 is 11.9 Å². The van der Waals surface area contributed by atoms with Crippen LogP contribution in [0.25, 0.3) is 0 Å². The van der Waals surface area contributed by atoms with Crippen LogP contribution in [0.15, 0.2) is 11.6 Å². The van der Waals surface area contributed by atoms with Crippen molar-refractivity contribution in [3.05, 3.63) is 11.6 Å². The van der Waals surface area contributed by atoms with Gasteiger partial charge in [-0.25, -0.2) is 4.79 Å². The van der Waals surface area contributed by atoms with Gasteiger partial charge < -0.3 is 10.2 Å². The third kappa shape index (κ3) is 16.5. The second-order valence-corrected chi connectivity index (χ2v) is 6.12. The van der Waals surface area contributed by atoms with E-state index in [0.717, 1.165) is 57.4 Å². The normalized spacial score (nSPS) is 11.4. The summed E-state index contributed by atoms with van der Waals surface area (Å²) in [6, 6.07) is 0. The van der Waals surface area contributed by atoms with Gasteiger partial charge in [0.05, 0.1) is 0 Å². The highest BCUT2D eigenvalue weighted by Gasteiger charge is 2.04. The molecule has 2 N–H and O–H groups in total. The molecule has 0 aliphatic carbocycles. The second kappa shape index (κ2) is 14.0. The Kier molecular flexibility index (Phi) is 13.0. The van der Waals surface area contributed by atoms with Crippen molar-refractivity contribution in [1.82, 2.24) is 0 Å². The summed E-state index contributed by atoms with van der Waals surface area (Å²) in [5.74, 6) is -1.61. The minimum absolute atomic E-state index is 0.110. The van der Waals surface area contributed by atoms with Gasteiger partial charge in [0.25, 0.3) is 0 Å². The highest BCUT2D eigenvalue weighted by molar-refractivity contribution is 5.85. The van der Waals surface area contributed by atoms with Crippen molar-refractivity contribution in [1.29, 1.82) is 0 Å². The van der Waals surface area contributed by atoms with E-state index in [2.05, 4.69) is 0 Å². The van der Waals surface area contributed by atoms with Crippen LogP contribution >= 0.6 is 0 Å². The van der Waals surface area contributed by atoms with Crippen LogP contribution in [0, 0.1) is 0 Å². The van der Waals surface area contributed by atoms with E-state index in [1.54, 1.807) is 6.92 Å². The van der Waals surface area contributed by atoms with E-state index in [1.807, 2.05) is 0 Å². The number of aliphatic carboxylic acids is 2. The maximum absolute atomic E-state index is 11.6. The number of allylic oxidation sites excluding steroid dienone is 1. The predicted molar refractivity (Wildman–Crippen MR) is 89.4 cm³/mol. The Balaban J connectivity index is 3.37. The van der Waals surface area contributed by atoms with Crippen LogP contribution in [0.1, 0.15) is 84.0 Å². The van der Waals surface area contributed by atoms with E-state index in [0.29, 0.717) is 12.0 Å². The molecule has 0 saturated carbocycles. The fourth-order valence-electron chi connectivity index (χ4n) is 2.50. The molecule has 132 valence electrons. The SMILES string of the molecule is CC(=CC(=O)O)CC(=O)CCCCCCCCCCCC(=O)O. The largest absolute Gasteiger partial charge is 0.481 e. The minimum Gasteiger partial charge on any atom is -0.481 e. The standard InChI is InChI=1S/C18H30O5/c1-15(14-18(22)23)13-16(19)11-9-7-5-3-2-4-6-8-10-12-17(20)21/h14H,2-13H2,1H3,(H,20,21)(H,22,23). The number of hydrogen-bond donors (Lipinski definition) is 2. The first-order valence-electron chi connectivity index (χ1n) is 8.55. The topological polar surface area (TPSA) is 91.7 Å². The van der Waals surface area contributed by atoms with Crippen LogP contribution in [0.2, 0.25) is 0 Å². The van der Waals surface area contributed by atoms with Gasteiger partial charge in [0.15, 0.2) is 0 Å². The van der Waals surface area contributed by atoms with Crippen LogP contribution < -0.4 is 0 Å². The molecule has 0 fully saturated rings. The fraction of sp³-hybridized carbons (Fsp3) is 0.722. The average Bonchev–Trinajstić information content (AvgIpc) is 2.43. The lowest BCUT2D eigenvalue weighted by Gasteiger charge is -2.03. The van der Waals surface area contributed by atoms with Gasteiger partial charge in [-0.15, -0.1) is 0 Å². The lowest BCUT2D eigenvalue weighted by Crippen LogP contribution is -2.00. The summed E-state index contributed by atoms with van der Waals surface area (Å²) >= 11 is 0. The number of hydrogen-bond acceptors (Lipinski definition) is 3. The van der Waals surface area contributed by atoms with Crippen molar-refractivity contribution in [3.8, 4) is 0 Å². The molecular weight excluding hydrogens is 296 g/mol. The maximum Gasteiger partial charge on any atom is 0.328 e. The number of unbranched alkanes of at least 4 members (excludes halogenated alkanes) is 8. The van der Waals surface area contributed by atoms with E-state index in [1.165, 1.54) is 6.42 Å². The molecule has 0 aliphatic rings. The van der Waals surface area contributed by atoms with Gasteiger partial charge in [-0.1, -0.05) is 50.5 Å². The van der Waals surface area contributed by atoms with Gasteiger partial charge in [-0.05, 0) is 19.8 Å². The number of carboxylic acids is 2. The summed E-state index contributed by atoms with van der Waals surface area (Å²) in [7, 11) is 0. The molecule has 0 atom stereocenters. The van der Waals surface area contributed by atoms with Crippen LogP contribution in [-0.4, -0.2) is 27.9 Å². The van der Waals surface area contributed by atoms with Crippen molar-refractivity contribution in [2.75, 3.05) is 0 Å². The Hall–Kier alpha value is -1.65. The molecule has 0 aliphatic heterocycles.